The molecule has 20 heavy (non-hydrogen) atoms. The predicted molar refractivity (Wildman–Crippen MR) is 86.4 cm³/mol. The lowest BCUT2D eigenvalue weighted by atomic mass is 9.89. The molecule has 2 fully saturated rings. The normalized spacial score (nSPS) is 24.2. The Labute approximate surface area is 126 Å². The van der Waals surface area contributed by atoms with Crippen LogP contribution in [0, 0.1) is 11.8 Å². The molecule has 112 valence electrons. The topological polar surface area (TPSA) is 42.2 Å². The molecular formula is C16H27N3S. The molecule has 0 bridgehead atoms. The standard InChI is InChI=1S/C16H27N3S/c1-11(2)12-4-3-8-19(9-7-12)16-18-15(13-5-6-13)14(10-17)20-16/h11-13H,3-10,17H2,1-2H3. The SMILES string of the molecule is CC(C)C1CCCN(c2nc(C3CC3)c(CN)s2)CC1. The molecule has 3 nitrogen and oxygen atoms in total. The van der Waals surface area contributed by atoms with E-state index in [-0.39, 0.29) is 0 Å². The molecule has 1 aromatic heterocycles. The van der Waals surface area contributed by atoms with Crippen molar-refractivity contribution in [2.75, 3.05) is 18.0 Å². The predicted octanol–water partition coefficient (Wildman–Crippen LogP) is 3.74. The zero-order valence-corrected chi connectivity index (χ0v) is 13.6. The molecule has 1 atom stereocenters. The summed E-state index contributed by atoms with van der Waals surface area (Å²) in [6.07, 6.45) is 6.61. The van der Waals surface area contributed by atoms with Crippen LogP contribution in [-0.2, 0) is 6.54 Å². The third-order valence-corrected chi connectivity index (χ3v) is 6.01. The molecule has 3 rings (SSSR count). The monoisotopic (exact) mass is 293 g/mol. The first-order valence-corrected chi connectivity index (χ1v) is 8.95. The second kappa shape index (κ2) is 6.02. The highest BCUT2D eigenvalue weighted by Gasteiger charge is 2.30. The molecule has 2 aliphatic rings. The molecule has 1 saturated heterocycles. The Morgan fingerprint density at radius 3 is 2.70 bits per heavy atom. The van der Waals surface area contributed by atoms with Gasteiger partial charge >= 0.3 is 0 Å². The van der Waals surface area contributed by atoms with Crippen LogP contribution < -0.4 is 10.6 Å². The van der Waals surface area contributed by atoms with E-state index in [9.17, 15) is 0 Å². The Morgan fingerprint density at radius 2 is 2.05 bits per heavy atom. The Bertz CT molecular complexity index is 451. The van der Waals surface area contributed by atoms with Gasteiger partial charge in [0.05, 0.1) is 5.69 Å². The van der Waals surface area contributed by atoms with Crippen LogP contribution in [0.2, 0.25) is 0 Å². The lowest BCUT2D eigenvalue weighted by Gasteiger charge is -2.20. The Balaban J connectivity index is 1.72. The van der Waals surface area contributed by atoms with E-state index in [1.807, 2.05) is 11.3 Å². The number of nitrogens with two attached hydrogens (primary N) is 1. The molecule has 1 aliphatic heterocycles. The van der Waals surface area contributed by atoms with E-state index in [0.29, 0.717) is 12.5 Å². The maximum atomic E-state index is 5.90. The number of aromatic nitrogens is 1. The van der Waals surface area contributed by atoms with Gasteiger partial charge in [0.1, 0.15) is 0 Å². The van der Waals surface area contributed by atoms with E-state index in [1.54, 1.807) is 0 Å². The summed E-state index contributed by atoms with van der Waals surface area (Å²) >= 11 is 1.84. The number of hydrogen-bond donors (Lipinski definition) is 1. The smallest absolute Gasteiger partial charge is 0.185 e. The molecule has 0 spiro atoms. The summed E-state index contributed by atoms with van der Waals surface area (Å²) in [6.45, 7) is 7.73. The minimum atomic E-state index is 0.659. The van der Waals surface area contributed by atoms with Crippen LogP contribution in [-0.4, -0.2) is 18.1 Å². The van der Waals surface area contributed by atoms with E-state index >= 15 is 0 Å². The molecule has 2 heterocycles. The van der Waals surface area contributed by atoms with Crippen molar-refractivity contribution in [3.63, 3.8) is 0 Å². The van der Waals surface area contributed by atoms with Gasteiger partial charge in [0.15, 0.2) is 5.13 Å². The van der Waals surface area contributed by atoms with Crippen molar-refractivity contribution >= 4 is 16.5 Å². The fourth-order valence-corrected chi connectivity index (χ4v) is 4.36. The van der Waals surface area contributed by atoms with Crippen LogP contribution in [0.1, 0.15) is 62.4 Å². The number of nitrogens with zero attached hydrogens (tertiary/aromatic N) is 2. The molecule has 0 amide bonds. The van der Waals surface area contributed by atoms with Crippen LogP contribution in [0.15, 0.2) is 0 Å². The largest absolute Gasteiger partial charge is 0.348 e. The highest BCUT2D eigenvalue weighted by atomic mass is 32.1. The van der Waals surface area contributed by atoms with E-state index in [0.717, 1.165) is 11.8 Å². The van der Waals surface area contributed by atoms with Gasteiger partial charge in [0.2, 0.25) is 0 Å². The lowest BCUT2D eigenvalue weighted by molar-refractivity contribution is 0.351. The van der Waals surface area contributed by atoms with Crippen LogP contribution in [0.4, 0.5) is 5.13 Å². The second-order valence-electron chi connectivity index (χ2n) is 6.71. The third-order valence-electron chi connectivity index (χ3n) is 4.85. The molecule has 1 unspecified atom stereocenters. The number of thiazole rings is 1. The first kappa shape index (κ1) is 14.3. The van der Waals surface area contributed by atoms with Gasteiger partial charge in [-0.25, -0.2) is 4.98 Å². The number of anilines is 1. The molecule has 4 heteroatoms. The average molecular weight is 293 g/mol. The first-order valence-electron chi connectivity index (χ1n) is 8.13. The molecular weight excluding hydrogens is 266 g/mol. The Kier molecular flexibility index (Phi) is 4.32. The summed E-state index contributed by atoms with van der Waals surface area (Å²) in [6, 6.07) is 0. The molecule has 0 aromatic carbocycles. The van der Waals surface area contributed by atoms with Gasteiger partial charge in [-0.3, -0.25) is 0 Å². The Morgan fingerprint density at radius 1 is 1.25 bits per heavy atom. The van der Waals surface area contributed by atoms with Gasteiger partial charge < -0.3 is 10.6 Å². The van der Waals surface area contributed by atoms with Gasteiger partial charge in [0, 0.05) is 30.4 Å². The van der Waals surface area contributed by atoms with E-state index in [4.69, 9.17) is 10.7 Å². The highest BCUT2D eigenvalue weighted by molar-refractivity contribution is 7.15. The van der Waals surface area contributed by atoms with Crippen LogP contribution in [0.3, 0.4) is 0 Å². The average Bonchev–Trinajstić information content (AvgIpc) is 3.22. The van der Waals surface area contributed by atoms with Crippen LogP contribution in [0.5, 0.6) is 0 Å². The van der Waals surface area contributed by atoms with E-state index in [2.05, 4.69) is 18.7 Å². The first-order chi connectivity index (χ1) is 9.69. The van der Waals surface area contributed by atoms with Gasteiger partial charge in [-0.2, -0.15) is 0 Å². The summed E-state index contributed by atoms with van der Waals surface area (Å²) in [7, 11) is 0. The maximum absolute atomic E-state index is 5.90. The molecule has 1 saturated carbocycles. The van der Waals surface area contributed by atoms with Crippen molar-refractivity contribution in [3.05, 3.63) is 10.6 Å². The molecule has 0 radical (unpaired) electrons. The lowest BCUT2D eigenvalue weighted by Crippen LogP contribution is -2.24. The van der Waals surface area contributed by atoms with Gasteiger partial charge in [-0.15, -0.1) is 11.3 Å². The highest BCUT2D eigenvalue weighted by Crippen LogP contribution is 2.44. The summed E-state index contributed by atoms with van der Waals surface area (Å²) in [5.41, 5.74) is 7.22. The number of rotatable bonds is 4. The third kappa shape index (κ3) is 3.01. The van der Waals surface area contributed by atoms with Crippen molar-refractivity contribution in [3.8, 4) is 0 Å². The Hall–Kier alpha value is -0.610. The van der Waals surface area contributed by atoms with Crippen molar-refractivity contribution in [2.24, 2.45) is 17.6 Å². The summed E-state index contributed by atoms with van der Waals surface area (Å²) < 4.78 is 0. The minimum absolute atomic E-state index is 0.659. The molecule has 1 aromatic rings. The zero-order valence-electron chi connectivity index (χ0n) is 12.8. The van der Waals surface area contributed by atoms with Gasteiger partial charge in [-0.05, 0) is 43.9 Å². The van der Waals surface area contributed by atoms with Crippen molar-refractivity contribution in [1.29, 1.82) is 0 Å². The minimum Gasteiger partial charge on any atom is -0.348 e. The summed E-state index contributed by atoms with van der Waals surface area (Å²) in [4.78, 5) is 8.78. The maximum Gasteiger partial charge on any atom is 0.185 e. The fourth-order valence-electron chi connectivity index (χ4n) is 3.29. The van der Waals surface area contributed by atoms with E-state index < -0.39 is 0 Å². The van der Waals surface area contributed by atoms with Crippen LogP contribution in [0.25, 0.3) is 0 Å². The quantitative estimate of drug-likeness (QED) is 0.919. The molecule has 2 N–H and O–H groups in total. The second-order valence-corrected chi connectivity index (χ2v) is 7.77. The molecule has 1 aliphatic carbocycles. The van der Waals surface area contributed by atoms with Crippen molar-refractivity contribution in [2.45, 2.75) is 58.4 Å². The van der Waals surface area contributed by atoms with Gasteiger partial charge in [0.25, 0.3) is 0 Å². The van der Waals surface area contributed by atoms with Crippen molar-refractivity contribution < 1.29 is 0 Å². The van der Waals surface area contributed by atoms with Gasteiger partial charge in [-0.1, -0.05) is 13.8 Å². The summed E-state index contributed by atoms with van der Waals surface area (Å²) in [5, 5.41) is 1.23. The zero-order chi connectivity index (χ0) is 14.1. The van der Waals surface area contributed by atoms with Crippen LogP contribution >= 0.6 is 11.3 Å². The summed E-state index contributed by atoms with van der Waals surface area (Å²) in [5.74, 6) is 2.42. The van der Waals surface area contributed by atoms with E-state index in [1.165, 1.54) is 60.9 Å². The number of hydrogen-bond acceptors (Lipinski definition) is 4. The fraction of sp³-hybridized carbons (Fsp3) is 0.812. The van der Waals surface area contributed by atoms with Crippen molar-refractivity contribution in [1.82, 2.24) is 4.98 Å².